The van der Waals surface area contributed by atoms with Crippen LogP contribution in [-0.4, -0.2) is 16.3 Å². The molecular weight excluding hydrogens is 318 g/mol. The summed E-state index contributed by atoms with van der Waals surface area (Å²) in [6.45, 7) is 0. The van der Waals surface area contributed by atoms with E-state index in [0.717, 1.165) is 11.2 Å². The van der Waals surface area contributed by atoms with Gasteiger partial charge < -0.3 is 10.7 Å². The number of rotatable bonds is 3. The quantitative estimate of drug-likeness (QED) is 0.666. The molecule has 0 atom stereocenters. The van der Waals surface area contributed by atoms with Gasteiger partial charge in [0.25, 0.3) is 5.56 Å². The molecule has 0 spiro atoms. The largest absolute Gasteiger partial charge is 0.383 e. The maximum atomic E-state index is 11.2. The van der Waals surface area contributed by atoms with Gasteiger partial charge in [0.05, 0.1) is 0 Å². The van der Waals surface area contributed by atoms with E-state index in [0.29, 0.717) is 15.2 Å². The average Bonchev–Trinajstić information content (AvgIpc) is 2.27. The van der Waals surface area contributed by atoms with E-state index in [1.807, 2.05) is 0 Å². The number of carbonyl (C=O) groups is 1. The molecule has 0 aliphatic heterocycles. The number of aromatic amines is 1. The molecular formula is C11H8BrN3O2S. The fourth-order valence-electron chi connectivity index (χ4n) is 1.28. The minimum atomic E-state index is -0.298. The van der Waals surface area contributed by atoms with Crippen LogP contribution in [-0.2, 0) is 0 Å². The van der Waals surface area contributed by atoms with Crippen LogP contribution in [0.5, 0.6) is 0 Å². The van der Waals surface area contributed by atoms with Gasteiger partial charge in [-0.15, -0.1) is 0 Å². The van der Waals surface area contributed by atoms with Gasteiger partial charge in [0.15, 0.2) is 11.4 Å². The molecule has 92 valence electrons. The summed E-state index contributed by atoms with van der Waals surface area (Å²) in [4.78, 5) is 29.3. The van der Waals surface area contributed by atoms with Gasteiger partial charge in [-0.2, -0.15) is 0 Å². The van der Waals surface area contributed by atoms with Crippen molar-refractivity contribution >= 4 is 39.8 Å². The number of hydrogen-bond donors (Lipinski definition) is 2. The summed E-state index contributed by atoms with van der Waals surface area (Å²) in [6.07, 6.45) is 0.763. The van der Waals surface area contributed by atoms with Crippen LogP contribution >= 0.6 is 27.7 Å². The highest BCUT2D eigenvalue weighted by Gasteiger charge is 2.05. The summed E-state index contributed by atoms with van der Waals surface area (Å²) in [5.41, 5.74) is 5.75. The maximum Gasteiger partial charge on any atom is 0.253 e. The Kier molecular flexibility index (Phi) is 3.83. The lowest BCUT2D eigenvalue weighted by Crippen LogP contribution is -2.09. The van der Waals surface area contributed by atoms with Crippen LogP contribution in [0.4, 0.5) is 5.82 Å². The Morgan fingerprint density at radius 3 is 2.78 bits per heavy atom. The third-order valence-corrected chi connectivity index (χ3v) is 3.62. The zero-order chi connectivity index (χ0) is 13.1. The van der Waals surface area contributed by atoms with Crippen LogP contribution in [0.2, 0.25) is 0 Å². The number of benzene rings is 1. The number of nitrogens with zero attached hydrogens (tertiary/aromatic N) is 1. The van der Waals surface area contributed by atoms with Crippen LogP contribution in [0.15, 0.2) is 43.6 Å². The molecule has 0 saturated carbocycles. The molecule has 0 saturated heterocycles. The topological polar surface area (TPSA) is 88.8 Å². The second kappa shape index (κ2) is 5.36. The van der Waals surface area contributed by atoms with E-state index in [2.05, 4.69) is 25.9 Å². The smallest absolute Gasteiger partial charge is 0.253 e. The predicted molar refractivity (Wildman–Crippen MR) is 72.9 cm³/mol. The highest BCUT2D eigenvalue weighted by molar-refractivity contribution is 9.10. The zero-order valence-corrected chi connectivity index (χ0v) is 11.4. The van der Waals surface area contributed by atoms with Crippen molar-refractivity contribution in [2.45, 2.75) is 10.1 Å². The number of halogens is 1. The molecule has 0 amide bonds. The van der Waals surface area contributed by atoms with Crippen molar-refractivity contribution in [3.8, 4) is 0 Å². The number of nitrogens with one attached hydrogen (secondary N) is 1. The van der Waals surface area contributed by atoms with Crippen molar-refractivity contribution in [1.82, 2.24) is 9.97 Å². The van der Waals surface area contributed by atoms with Crippen molar-refractivity contribution in [2.24, 2.45) is 0 Å². The number of anilines is 1. The van der Waals surface area contributed by atoms with Crippen molar-refractivity contribution < 1.29 is 4.79 Å². The molecule has 1 heterocycles. The molecule has 1 aromatic heterocycles. The number of nitrogens with two attached hydrogens (primary N) is 1. The Balaban J connectivity index is 2.31. The number of hydrogen-bond acceptors (Lipinski definition) is 5. The fraction of sp³-hybridized carbons (Fsp3) is 0. The number of carbonyl (C=O) groups excluding carboxylic acids is 1. The van der Waals surface area contributed by atoms with E-state index in [1.54, 1.807) is 18.2 Å². The first-order valence-corrected chi connectivity index (χ1v) is 6.49. The lowest BCUT2D eigenvalue weighted by Gasteiger charge is -2.03. The Morgan fingerprint density at radius 1 is 1.39 bits per heavy atom. The first-order valence-electron chi connectivity index (χ1n) is 4.88. The summed E-state index contributed by atoms with van der Waals surface area (Å²) >= 11 is 4.54. The van der Waals surface area contributed by atoms with Gasteiger partial charge in [0.2, 0.25) is 0 Å². The van der Waals surface area contributed by atoms with Crippen molar-refractivity contribution in [2.75, 3.05) is 5.73 Å². The summed E-state index contributed by atoms with van der Waals surface area (Å²) in [7, 11) is 0. The number of aldehydes is 1. The SMILES string of the molecule is Nc1cc(=O)[nH]c(Sc2ccc(C=O)c(Br)c2)n1. The Labute approximate surface area is 115 Å². The van der Waals surface area contributed by atoms with Gasteiger partial charge in [-0.05, 0) is 18.2 Å². The second-order valence-corrected chi connectivity index (χ2v) is 5.30. The molecule has 0 unspecified atom stereocenters. The summed E-state index contributed by atoms with van der Waals surface area (Å²) in [5.74, 6) is 0.171. The van der Waals surface area contributed by atoms with E-state index in [1.165, 1.54) is 17.8 Å². The number of H-pyrrole nitrogens is 1. The minimum Gasteiger partial charge on any atom is -0.383 e. The predicted octanol–water partition coefficient (Wildman–Crippen LogP) is 2.08. The van der Waals surface area contributed by atoms with E-state index in [-0.39, 0.29) is 11.4 Å². The number of aromatic nitrogens is 2. The van der Waals surface area contributed by atoms with Gasteiger partial charge in [0, 0.05) is 21.0 Å². The molecule has 0 bridgehead atoms. The molecule has 0 fully saturated rings. The molecule has 5 nitrogen and oxygen atoms in total. The number of nitrogen functional groups attached to an aromatic ring is 1. The molecule has 18 heavy (non-hydrogen) atoms. The Bertz CT molecular complexity index is 657. The lowest BCUT2D eigenvalue weighted by molar-refractivity contribution is 0.112. The van der Waals surface area contributed by atoms with Crippen LogP contribution < -0.4 is 11.3 Å². The first kappa shape index (κ1) is 12.8. The highest BCUT2D eigenvalue weighted by atomic mass is 79.9. The van der Waals surface area contributed by atoms with Gasteiger partial charge in [-0.1, -0.05) is 27.7 Å². The maximum absolute atomic E-state index is 11.2. The average molecular weight is 326 g/mol. The summed E-state index contributed by atoms with van der Waals surface area (Å²) in [5, 5.41) is 0.408. The summed E-state index contributed by atoms with van der Waals surface area (Å²) < 4.78 is 0.689. The van der Waals surface area contributed by atoms with E-state index >= 15 is 0 Å². The van der Waals surface area contributed by atoms with Gasteiger partial charge in [-0.3, -0.25) is 9.59 Å². The van der Waals surface area contributed by atoms with Gasteiger partial charge in [0.1, 0.15) is 5.82 Å². The monoisotopic (exact) mass is 325 g/mol. The molecule has 7 heteroatoms. The van der Waals surface area contributed by atoms with E-state index < -0.39 is 0 Å². The van der Waals surface area contributed by atoms with Gasteiger partial charge in [-0.25, -0.2) is 4.98 Å². The molecule has 0 radical (unpaired) electrons. The first-order chi connectivity index (χ1) is 8.58. The van der Waals surface area contributed by atoms with E-state index in [9.17, 15) is 9.59 Å². The molecule has 0 aliphatic rings. The van der Waals surface area contributed by atoms with Crippen LogP contribution in [0.1, 0.15) is 10.4 Å². The van der Waals surface area contributed by atoms with E-state index in [4.69, 9.17) is 5.73 Å². The van der Waals surface area contributed by atoms with Crippen molar-refractivity contribution in [1.29, 1.82) is 0 Å². The highest BCUT2D eigenvalue weighted by Crippen LogP contribution is 2.28. The summed E-state index contributed by atoms with van der Waals surface area (Å²) in [6, 6.07) is 6.44. The van der Waals surface area contributed by atoms with Crippen LogP contribution in [0.3, 0.4) is 0 Å². The molecule has 3 N–H and O–H groups in total. The van der Waals surface area contributed by atoms with Crippen molar-refractivity contribution in [3.63, 3.8) is 0 Å². The van der Waals surface area contributed by atoms with Crippen LogP contribution in [0, 0.1) is 0 Å². The molecule has 1 aromatic carbocycles. The van der Waals surface area contributed by atoms with Gasteiger partial charge >= 0.3 is 0 Å². The fourth-order valence-corrected chi connectivity index (χ4v) is 2.74. The lowest BCUT2D eigenvalue weighted by atomic mass is 10.2. The zero-order valence-electron chi connectivity index (χ0n) is 9.01. The standard InChI is InChI=1S/C11H8BrN3O2S/c12-8-3-7(2-1-6(8)5-16)18-11-14-9(13)4-10(17)15-11/h1-5H,(H3,13,14,15,17). The third kappa shape index (κ3) is 2.99. The molecule has 2 aromatic rings. The van der Waals surface area contributed by atoms with Crippen molar-refractivity contribution in [3.05, 3.63) is 44.7 Å². The van der Waals surface area contributed by atoms with Crippen LogP contribution in [0.25, 0.3) is 0 Å². The minimum absolute atomic E-state index is 0.171. The molecule has 0 aliphatic carbocycles. The Hall–Kier alpha value is -1.60. The Morgan fingerprint density at radius 2 is 2.17 bits per heavy atom. The normalized spacial score (nSPS) is 10.3. The third-order valence-electron chi connectivity index (χ3n) is 2.05. The molecule has 2 rings (SSSR count). The second-order valence-electron chi connectivity index (χ2n) is 3.38.